The molecule has 2 atom stereocenters. The van der Waals surface area contributed by atoms with Crippen molar-refractivity contribution in [3.8, 4) is 0 Å². The summed E-state index contributed by atoms with van der Waals surface area (Å²) in [6.07, 6.45) is -2.76. The summed E-state index contributed by atoms with van der Waals surface area (Å²) in [5.74, 6) is -1.94. The Kier molecular flexibility index (Phi) is 5.10. The topological polar surface area (TPSA) is 69.7 Å². The molecule has 102 valence electrons. The molecule has 0 aliphatic carbocycles. The highest BCUT2D eigenvalue weighted by Crippen LogP contribution is 2.19. The van der Waals surface area contributed by atoms with Crippen molar-refractivity contribution in [2.45, 2.75) is 25.8 Å². The molecule has 1 aromatic carbocycles. The molecule has 5 heteroatoms. The third-order valence-electron chi connectivity index (χ3n) is 2.32. The van der Waals surface area contributed by atoms with E-state index < -0.39 is 36.6 Å². The maximum atomic E-state index is 11.7. The number of hydrogen-bond acceptors (Lipinski definition) is 5. The van der Waals surface area contributed by atoms with Gasteiger partial charge in [0.15, 0.2) is 0 Å². The number of carbonyl (C=O) groups excluding carboxylic acids is 3. The van der Waals surface area contributed by atoms with E-state index in [0.717, 1.165) is 0 Å². The number of ketones is 1. The molecule has 0 N–H and O–H groups in total. The van der Waals surface area contributed by atoms with Crippen LogP contribution in [0.15, 0.2) is 30.3 Å². The van der Waals surface area contributed by atoms with Gasteiger partial charge >= 0.3 is 11.9 Å². The molecule has 0 saturated carbocycles. The molecule has 0 unspecified atom stereocenters. The molecule has 0 aliphatic heterocycles. The van der Waals surface area contributed by atoms with E-state index in [-0.39, 0.29) is 0 Å². The van der Waals surface area contributed by atoms with Crippen molar-refractivity contribution in [2.24, 2.45) is 0 Å². The Morgan fingerprint density at radius 3 is 2.42 bits per heavy atom. The van der Waals surface area contributed by atoms with E-state index in [9.17, 15) is 14.4 Å². The molecular weight excluding hydrogens is 248 g/mol. The predicted molar refractivity (Wildman–Crippen MR) is 67.2 cm³/mol. The zero-order chi connectivity index (χ0) is 15.1. The largest absolute Gasteiger partial charge is 0.466 e. The Balaban J connectivity index is 2.79. The number of esters is 2. The standard InChI is InChI=1S/C14H16O5/c1-10(15)8-9-12(16)19-13(14(17)18-2)11-6-4-3-5-7-11/h3-7,13H,8-9H2,1-2H3/t13-/m0/s1/i8D/t8-,13-. The van der Waals surface area contributed by atoms with Crippen LogP contribution in [0.4, 0.5) is 0 Å². The van der Waals surface area contributed by atoms with Crippen LogP contribution in [0.2, 0.25) is 0 Å². The van der Waals surface area contributed by atoms with Gasteiger partial charge in [-0.3, -0.25) is 4.79 Å². The van der Waals surface area contributed by atoms with Gasteiger partial charge in [0.25, 0.3) is 0 Å². The summed E-state index contributed by atoms with van der Waals surface area (Å²) in [5.41, 5.74) is 0.469. The third kappa shape index (κ3) is 4.91. The molecule has 1 aromatic rings. The molecule has 0 bridgehead atoms. The van der Waals surface area contributed by atoms with Gasteiger partial charge in [-0.2, -0.15) is 0 Å². The van der Waals surface area contributed by atoms with Gasteiger partial charge in [0.05, 0.1) is 13.5 Å². The second-order valence-corrected chi connectivity index (χ2v) is 3.82. The molecule has 5 nitrogen and oxygen atoms in total. The van der Waals surface area contributed by atoms with Gasteiger partial charge in [-0.05, 0) is 6.92 Å². The quantitative estimate of drug-likeness (QED) is 0.734. The van der Waals surface area contributed by atoms with Crippen molar-refractivity contribution in [1.82, 2.24) is 0 Å². The fourth-order valence-electron chi connectivity index (χ4n) is 1.39. The summed E-state index contributed by atoms with van der Waals surface area (Å²) in [4.78, 5) is 34.3. The zero-order valence-corrected chi connectivity index (χ0v) is 10.8. The van der Waals surface area contributed by atoms with E-state index in [1.54, 1.807) is 30.3 Å². The van der Waals surface area contributed by atoms with Crippen molar-refractivity contribution in [2.75, 3.05) is 7.11 Å². The molecule has 0 heterocycles. The summed E-state index contributed by atoms with van der Waals surface area (Å²) < 4.78 is 17.0. The van der Waals surface area contributed by atoms with Crippen LogP contribution in [0.5, 0.6) is 0 Å². The molecule has 0 aromatic heterocycles. The number of rotatable bonds is 6. The van der Waals surface area contributed by atoms with Crippen molar-refractivity contribution in [3.05, 3.63) is 35.9 Å². The van der Waals surface area contributed by atoms with E-state index in [4.69, 9.17) is 6.11 Å². The Hall–Kier alpha value is -2.17. The second-order valence-electron chi connectivity index (χ2n) is 3.82. The number of hydrogen-bond donors (Lipinski definition) is 0. The third-order valence-corrected chi connectivity index (χ3v) is 2.32. The first kappa shape index (κ1) is 13.3. The summed E-state index contributed by atoms with van der Waals surface area (Å²) >= 11 is 0. The van der Waals surface area contributed by atoms with E-state index >= 15 is 0 Å². The van der Waals surface area contributed by atoms with Crippen LogP contribution >= 0.6 is 0 Å². The first-order valence-corrected chi connectivity index (χ1v) is 5.70. The molecule has 19 heavy (non-hydrogen) atoms. The van der Waals surface area contributed by atoms with Crippen LogP contribution in [0.3, 0.4) is 0 Å². The average Bonchev–Trinajstić information content (AvgIpc) is 2.44. The molecule has 0 fully saturated rings. The Morgan fingerprint density at radius 2 is 1.89 bits per heavy atom. The van der Waals surface area contributed by atoms with Crippen LogP contribution < -0.4 is 0 Å². The SMILES string of the molecule is [2H][C@@H](CC(=O)O[C@H](C(=O)OC)c1ccccc1)C(C)=O. The van der Waals surface area contributed by atoms with Gasteiger partial charge in [-0.25, -0.2) is 4.79 Å². The molecule has 1 rings (SSSR count). The van der Waals surface area contributed by atoms with E-state index in [2.05, 4.69) is 4.74 Å². The van der Waals surface area contributed by atoms with Gasteiger partial charge in [-0.1, -0.05) is 30.3 Å². The molecule has 0 saturated heterocycles. The first-order chi connectivity index (χ1) is 9.45. The fraction of sp³-hybridized carbons (Fsp3) is 0.357. The summed E-state index contributed by atoms with van der Waals surface area (Å²) in [7, 11) is 1.19. The zero-order valence-electron chi connectivity index (χ0n) is 11.8. The summed E-state index contributed by atoms with van der Waals surface area (Å²) in [6, 6.07) is 8.40. The number of methoxy groups -OCH3 is 1. The van der Waals surface area contributed by atoms with Crippen LogP contribution in [0, 0.1) is 0 Å². The molecular formula is C14H16O5. The fourth-order valence-corrected chi connectivity index (χ4v) is 1.39. The lowest BCUT2D eigenvalue weighted by Gasteiger charge is -2.15. The van der Waals surface area contributed by atoms with Crippen molar-refractivity contribution < 1.29 is 25.2 Å². The molecule has 0 radical (unpaired) electrons. The second kappa shape index (κ2) is 7.31. The van der Waals surface area contributed by atoms with Crippen LogP contribution in [-0.4, -0.2) is 24.8 Å². The molecule has 0 spiro atoms. The van der Waals surface area contributed by atoms with Crippen LogP contribution in [0.1, 0.15) is 32.8 Å². The lowest BCUT2D eigenvalue weighted by atomic mass is 10.1. The number of Topliss-reactive ketones (excluding diaryl/α,β-unsaturated/α-hetero) is 1. The highest BCUT2D eigenvalue weighted by molar-refractivity contribution is 5.83. The van der Waals surface area contributed by atoms with E-state index in [1.807, 2.05) is 0 Å². The van der Waals surface area contributed by atoms with Gasteiger partial charge < -0.3 is 14.3 Å². The molecule has 0 amide bonds. The minimum absolute atomic E-state index is 0.393. The van der Waals surface area contributed by atoms with Gasteiger partial charge in [0.2, 0.25) is 6.10 Å². The monoisotopic (exact) mass is 265 g/mol. The lowest BCUT2D eigenvalue weighted by Crippen LogP contribution is -2.21. The Bertz CT molecular complexity index is 486. The van der Waals surface area contributed by atoms with Gasteiger partial charge in [-0.15, -0.1) is 0 Å². The summed E-state index contributed by atoms with van der Waals surface area (Å²) in [5, 5.41) is 0. The van der Waals surface area contributed by atoms with E-state index in [0.29, 0.717) is 5.56 Å². The Labute approximate surface area is 112 Å². The number of carbonyl (C=O) groups is 3. The minimum atomic E-state index is -1.19. The van der Waals surface area contributed by atoms with E-state index in [1.165, 1.54) is 14.0 Å². The van der Waals surface area contributed by atoms with Crippen molar-refractivity contribution in [1.29, 1.82) is 0 Å². The lowest BCUT2D eigenvalue weighted by molar-refractivity contribution is -0.166. The maximum absolute atomic E-state index is 11.7. The molecule has 0 aliphatic rings. The summed E-state index contributed by atoms with van der Waals surface area (Å²) in [6.45, 7) is 1.22. The number of benzene rings is 1. The van der Waals surface area contributed by atoms with Gasteiger partial charge in [0.1, 0.15) is 5.78 Å². The van der Waals surface area contributed by atoms with Gasteiger partial charge in [0, 0.05) is 13.3 Å². The normalized spacial score (nSPS) is 13.9. The van der Waals surface area contributed by atoms with Crippen molar-refractivity contribution in [3.63, 3.8) is 0 Å². The van der Waals surface area contributed by atoms with Crippen molar-refractivity contribution >= 4 is 17.7 Å². The maximum Gasteiger partial charge on any atom is 0.351 e. The Morgan fingerprint density at radius 1 is 1.26 bits per heavy atom. The average molecular weight is 265 g/mol. The van der Waals surface area contributed by atoms with Crippen LogP contribution in [0.25, 0.3) is 0 Å². The highest BCUT2D eigenvalue weighted by atomic mass is 16.6. The smallest absolute Gasteiger partial charge is 0.351 e. The number of ether oxygens (including phenoxy) is 2. The minimum Gasteiger partial charge on any atom is -0.466 e. The highest BCUT2D eigenvalue weighted by Gasteiger charge is 2.25. The first-order valence-electron chi connectivity index (χ1n) is 6.28. The predicted octanol–water partition coefficient (Wildman–Crippen LogP) is 1.81. The van der Waals surface area contributed by atoms with Crippen LogP contribution in [-0.2, 0) is 23.9 Å².